The van der Waals surface area contributed by atoms with Gasteiger partial charge in [-0.2, -0.15) is 0 Å². The maximum absolute atomic E-state index is 5.85. The Morgan fingerprint density at radius 2 is 2.40 bits per heavy atom. The van der Waals surface area contributed by atoms with Crippen LogP contribution < -0.4 is 15.2 Å². The zero-order chi connectivity index (χ0) is 10.7. The fraction of sp³-hybridized carbons (Fsp3) is 0.500. The van der Waals surface area contributed by atoms with Crippen LogP contribution in [0.3, 0.4) is 0 Å². The van der Waals surface area contributed by atoms with Crippen LogP contribution in [0.4, 0.5) is 0 Å². The van der Waals surface area contributed by atoms with Crippen molar-refractivity contribution in [3.63, 3.8) is 0 Å². The fourth-order valence-electron chi connectivity index (χ4n) is 1.64. The molecule has 3 nitrogen and oxygen atoms in total. The zero-order valence-corrected chi connectivity index (χ0v) is 9.03. The summed E-state index contributed by atoms with van der Waals surface area (Å²) >= 11 is 0. The van der Waals surface area contributed by atoms with E-state index in [1.54, 1.807) is 0 Å². The minimum Gasteiger partial charge on any atom is -0.493 e. The molecule has 2 N–H and O–H groups in total. The molecule has 2 rings (SSSR count). The average molecular weight is 207 g/mol. The Labute approximate surface area is 90.2 Å². The molecule has 0 fully saturated rings. The molecule has 0 aromatic heterocycles. The smallest absolute Gasteiger partial charge is 0.127 e. The van der Waals surface area contributed by atoms with Gasteiger partial charge in [-0.3, -0.25) is 0 Å². The molecule has 1 aromatic carbocycles. The number of hydrogen-bond acceptors (Lipinski definition) is 3. The molecule has 15 heavy (non-hydrogen) atoms. The first-order valence-electron chi connectivity index (χ1n) is 5.46. The average Bonchev–Trinajstić information content (AvgIpc) is 2.61. The van der Waals surface area contributed by atoms with E-state index in [0.717, 1.165) is 36.5 Å². The number of hydrogen-bond donors (Lipinski definition) is 1. The van der Waals surface area contributed by atoms with Crippen molar-refractivity contribution in [3.8, 4) is 11.5 Å². The first kappa shape index (κ1) is 10.3. The molecule has 0 saturated carbocycles. The molecular formula is C12H17NO2. The van der Waals surface area contributed by atoms with Crippen molar-refractivity contribution >= 4 is 0 Å². The molecule has 0 aliphatic carbocycles. The van der Waals surface area contributed by atoms with E-state index < -0.39 is 0 Å². The van der Waals surface area contributed by atoms with Crippen molar-refractivity contribution in [3.05, 3.63) is 23.8 Å². The third-order valence-electron chi connectivity index (χ3n) is 2.57. The van der Waals surface area contributed by atoms with E-state index in [9.17, 15) is 0 Å². The highest BCUT2D eigenvalue weighted by Gasteiger charge is 2.20. The molecule has 1 unspecified atom stereocenters. The number of ether oxygens (including phenoxy) is 2. The maximum Gasteiger partial charge on any atom is 0.127 e. The van der Waals surface area contributed by atoms with Crippen LogP contribution >= 0.6 is 0 Å². The summed E-state index contributed by atoms with van der Waals surface area (Å²) < 4.78 is 11.0. The van der Waals surface area contributed by atoms with Crippen molar-refractivity contribution in [2.75, 3.05) is 13.2 Å². The van der Waals surface area contributed by atoms with Gasteiger partial charge in [-0.1, -0.05) is 13.3 Å². The lowest BCUT2D eigenvalue weighted by Crippen LogP contribution is -2.10. The SMILES string of the molecule is CCCCOc1ccc2c(c1)OCC2N. The second-order valence-electron chi connectivity index (χ2n) is 3.82. The topological polar surface area (TPSA) is 44.5 Å². The number of rotatable bonds is 4. The number of nitrogens with two attached hydrogens (primary N) is 1. The van der Waals surface area contributed by atoms with Gasteiger partial charge >= 0.3 is 0 Å². The van der Waals surface area contributed by atoms with Crippen LogP contribution in [-0.2, 0) is 0 Å². The Kier molecular flexibility index (Phi) is 3.11. The van der Waals surface area contributed by atoms with Gasteiger partial charge in [-0.25, -0.2) is 0 Å². The Hall–Kier alpha value is -1.22. The number of benzene rings is 1. The van der Waals surface area contributed by atoms with Crippen LogP contribution in [-0.4, -0.2) is 13.2 Å². The highest BCUT2D eigenvalue weighted by Crippen LogP contribution is 2.33. The van der Waals surface area contributed by atoms with Gasteiger partial charge in [0.15, 0.2) is 0 Å². The molecule has 3 heteroatoms. The predicted molar refractivity (Wildman–Crippen MR) is 59.3 cm³/mol. The summed E-state index contributed by atoms with van der Waals surface area (Å²) in [6, 6.07) is 5.90. The number of fused-ring (bicyclic) bond motifs is 1. The molecule has 1 heterocycles. The Bertz CT molecular complexity index is 338. The third-order valence-corrected chi connectivity index (χ3v) is 2.57. The van der Waals surface area contributed by atoms with E-state index in [-0.39, 0.29) is 6.04 Å². The van der Waals surface area contributed by atoms with E-state index >= 15 is 0 Å². The molecule has 0 amide bonds. The first-order chi connectivity index (χ1) is 7.31. The van der Waals surface area contributed by atoms with E-state index in [1.165, 1.54) is 0 Å². The van der Waals surface area contributed by atoms with Gasteiger partial charge in [-0.15, -0.1) is 0 Å². The van der Waals surface area contributed by atoms with Gasteiger partial charge < -0.3 is 15.2 Å². The van der Waals surface area contributed by atoms with Gasteiger partial charge in [-0.05, 0) is 18.6 Å². The van der Waals surface area contributed by atoms with Crippen LogP contribution in [0.25, 0.3) is 0 Å². The van der Waals surface area contributed by atoms with Crippen LogP contribution in [0.2, 0.25) is 0 Å². The molecule has 0 saturated heterocycles. The lowest BCUT2D eigenvalue weighted by Gasteiger charge is -2.07. The van der Waals surface area contributed by atoms with Crippen LogP contribution in [0.5, 0.6) is 11.5 Å². The minimum absolute atomic E-state index is 0.0182. The summed E-state index contributed by atoms with van der Waals surface area (Å²) in [7, 11) is 0. The highest BCUT2D eigenvalue weighted by molar-refractivity contribution is 5.44. The normalized spacial score (nSPS) is 18.4. The molecule has 1 aromatic rings. The molecule has 1 atom stereocenters. The van der Waals surface area contributed by atoms with Crippen molar-refractivity contribution in [2.45, 2.75) is 25.8 Å². The molecule has 0 bridgehead atoms. The van der Waals surface area contributed by atoms with Crippen LogP contribution in [0.1, 0.15) is 31.4 Å². The van der Waals surface area contributed by atoms with Crippen molar-refractivity contribution in [1.29, 1.82) is 0 Å². The molecular weight excluding hydrogens is 190 g/mol. The highest BCUT2D eigenvalue weighted by atomic mass is 16.5. The molecule has 82 valence electrons. The van der Waals surface area contributed by atoms with E-state index in [1.807, 2.05) is 18.2 Å². The molecule has 1 aliphatic rings. The van der Waals surface area contributed by atoms with Crippen molar-refractivity contribution in [1.82, 2.24) is 0 Å². The van der Waals surface area contributed by atoms with Crippen molar-refractivity contribution in [2.24, 2.45) is 5.73 Å². The summed E-state index contributed by atoms with van der Waals surface area (Å²) in [5, 5.41) is 0. The van der Waals surface area contributed by atoms with Gasteiger partial charge in [0.05, 0.1) is 12.6 Å². The van der Waals surface area contributed by atoms with Gasteiger partial charge in [0.2, 0.25) is 0 Å². The Balaban J connectivity index is 2.03. The monoisotopic (exact) mass is 207 g/mol. The fourth-order valence-corrected chi connectivity index (χ4v) is 1.64. The van der Waals surface area contributed by atoms with Crippen molar-refractivity contribution < 1.29 is 9.47 Å². The second kappa shape index (κ2) is 4.53. The Morgan fingerprint density at radius 1 is 1.53 bits per heavy atom. The predicted octanol–water partition coefficient (Wildman–Crippen LogP) is 2.26. The van der Waals surface area contributed by atoms with Gasteiger partial charge in [0, 0.05) is 11.6 Å². The van der Waals surface area contributed by atoms with E-state index in [0.29, 0.717) is 6.61 Å². The summed E-state index contributed by atoms with van der Waals surface area (Å²) in [5.41, 5.74) is 6.93. The lowest BCUT2D eigenvalue weighted by molar-refractivity contribution is 0.304. The zero-order valence-electron chi connectivity index (χ0n) is 9.03. The first-order valence-corrected chi connectivity index (χ1v) is 5.46. The minimum atomic E-state index is 0.0182. The quantitative estimate of drug-likeness (QED) is 0.770. The van der Waals surface area contributed by atoms with E-state index in [4.69, 9.17) is 15.2 Å². The van der Waals surface area contributed by atoms with E-state index in [2.05, 4.69) is 6.92 Å². The standard InChI is InChI=1S/C12H17NO2/c1-2-3-6-14-9-4-5-10-11(13)8-15-12(10)7-9/h4-5,7,11H,2-3,6,8,13H2,1H3. The van der Waals surface area contributed by atoms with Crippen LogP contribution in [0.15, 0.2) is 18.2 Å². The maximum atomic E-state index is 5.85. The molecule has 1 aliphatic heterocycles. The second-order valence-corrected chi connectivity index (χ2v) is 3.82. The van der Waals surface area contributed by atoms with Gasteiger partial charge in [0.1, 0.15) is 18.1 Å². The molecule has 0 spiro atoms. The summed E-state index contributed by atoms with van der Waals surface area (Å²) in [4.78, 5) is 0. The third kappa shape index (κ3) is 2.23. The summed E-state index contributed by atoms with van der Waals surface area (Å²) in [6.45, 7) is 3.49. The number of unbranched alkanes of at least 4 members (excludes halogenated alkanes) is 1. The molecule has 0 radical (unpaired) electrons. The summed E-state index contributed by atoms with van der Waals surface area (Å²) in [6.07, 6.45) is 2.23. The van der Waals surface area contributed by atoms with Crippen LogP contribution in [0, 0.1) is 0 Å². The summed E-state index contributed by atoms with van der Waals surface area (Å²) in [5.74, 6) is 1.74. The Morgan fingerprint density at radius 3 is 3.20 bits per heavy atom. The van der Waals surface area contributed by atoms with Gasteiger partial charge in [0.25, 0.3) is 0 Å². The lowest BCUT2D eigenvalue weighted by atomic mass is 10.1. The largest absolute Gasteiger partial charge is 0.493 e.